The first-order valence-electron chi connectivity index (χ1n) is 7.39. The molecule has 9 heteroatoms. The monoisotopic (exact) mass is 402 g/mol. The van der Waals surface area contributed by atoms with E-state index in [-0.39, 0.29) is 37.7 Å². The van der Waals surface area contributed by atoms with Crippen LogP contribution in [0.4, 0.5) is 0 Å². The molecule has 0 amide bonds. The van der Waals surface area contributed by atoms with E-state index in [1.807, 2.05) is 0 Å². The molecule has 0 aliphatic heterocycles. The molecule has 0 saturated heterocycles. The number of carbonyl (C=O) groups is 2. The Morgan fingerprint density at radius 2 is 1.00 bits per heavy atom. The second-order valence-electron chi connectivity index (χ2n) is 4.62. The summed E-state index contributed by atoms with van der Waals surface area (Å²) in [6.45, 7) is -0.944. The summed E-state index contributed by atoms with van der Waals surface area (Å²) >= 11 is 0. The third-order valence-corrected chi connectivity index (χ3v) is 2.83. The summed E-state index contributed by atoms with van der Waals surface area (Å²) in [4.78, 5) is 20.2. The Bertz CT molecular complexity index is 659. The molecular weight excluding hydrogens is 384 g/mol. The molecule has 0 unspecified atom stereocenters. The number of hydrogen-bond donors (Lipinski definition) is 0. The van der Waals surface area contributed by atoms with Crippen LogP contribution in [0.5, 0.6) is 23.0 Å². The van der Waals surface area contributed by atoms with Crippen molar-refractivity contribution in [2.24, 2.45) is 0 Å². The summed E-state index contributed by atoms with van der Waals surface area (Å²) in [7, 11) is 2.97. The largest absolute Gasteiger partial charge is 2.00 e. The van der Waals surface area contributed by atoms with E-state index < -0.39 is 25.2 Å². The van der Waals surface area contributed by atoms with Gasteiger partial charge in [0.1, 0.15) is 13.2 Å². The van der Waals surface area contributed by atoms with Crippen molar-refractivity contribution in [2.75, 3.05) is 27.4 Å². The van der Waals surface area contributed by atoms with Crippen molar-refractivity contribution in [3.63, 3.8) is 0 Å². The molecule has 8 nitrogen and oxygen atoms in total. The van der Waals surface area contributed by atoms with E-state index in [0.29, 0.717) is 23.0 Å². The molecule has 0 atom stereocenters. The molecule has 2 rings (SSSR count). The van der Waals surface area contributed by atoms with Crippen LogP contribution < -0.4 is 29.2 Å². The maximum Gasteiger partial charge on any atom is 2.00 e. The normalized spacial score (nSPS) is 8.96. The summed E-state index contributed by atoms with van der Waals surface area (Å²) < 4.78 is 19.7. The van der Waals surface area contributed by atoms with E-state index >= 15 is 0 Å². The van der Waals surface area contributed by atoms with Crippen molar-refractivity contribution in [3.8, 4) is 23.0 Å². The summed E-state index contributed by atoms with van der Waals surface area (Å²) in [5, 5.41) is 20.2. The average Bonchev–Trinajstić information content (AvgIpc) is 2.65. The number of hydrogen-bond acceptors (Lipinski definition) is 8. The zero-order valence-corrected chi connectivity index (χ0v) is 17.2. The molecule has 0 saturated carbocycles. The molecule has 0 bridgehead atoms. The van der Waals surface area contributed by atoms with Gasteiger partial charge in [0.2, 0.25) is 0 Å². The smallest absolute Gasteiger partial charge is 0.546 e. The molecule has 27 heavy (non-hydrogen) atoms. The molecule has 0 aliphatic rings. The van der Waals surface area contributed by atoms with Gasteiger partial charge in [-0.3, -0.25) is 0 Å². The van der Waals surface area contributed by atoms with E-state index in [9.17, 15) is 19.8 Å². The van der Waals surface area contributed by atoms with Crippen LogP contribution in [0.15, 0.2) is 48.5 Å². The van der Waals surface area contributed by atoms with Crippen molar-refractivity contribution in [3.05, 3.63) is 48.5 Å². The molecule has 2 aromatic carbocycles. The van der Waals surface area contributed by atoms with Crippen LogP contribution in [0.1, 0.15) is 0 Å². The van der Waals surface area contributed by atoms with Gasteiger partial charge in [-0.15, -0.1) is 0 Å². The van der Waals surface area contributed by atoms with Crippen LogP contribution in [-0.2, 0) is 9.59 Å². The number of carboxylic acids is 2. The second kappa shape index (κ2) is 14.0. The summed E-state index contributed by atoms with van der Waals surface area (Å²) in [5.41, 5.74) is 0. The van der Waals surface area contributed by atoms with Crippen LogP contribution in [0, 0.1) is 0 Å². The van der Waals surface area contributed by atoms with Crippen molar-refractivity contribution >= 4 is 49.7 Å². The third kappa shape index (κ3) is 9.93. The van der Waals surface area contributed by atoms with E-state index in [4.69, 9.17) is 18.9 Å². The third-order valence-electron chi connectivity index (χ3n) is 2.83. The SMILES string of the molecule is COc1ccccc1OCC(=O)[O-].COc1ccccc1OCC(=O)[O-].[Ca+2]. The molecule has 0 aliphatic carbocycles. The predicted molar refractivity (Wildman–Crippen MR) is 92.7 cm³/mol. The van der Waals surface area contributed by atoms with Crippen molar-refractivity contribution < 1.29 is 38.7 Å². The topological polar surface area (TPSA) is 117 Å². The van der Waals surface area contributed by atoms with E-state index in [1.54, 1.807) is 48.5 Å². The van der Waals surface area contributed by atoms with Gasteiger partial charge >= 0.3 is 37.7 Å². The molecule has 2 aromatic rings. The average molecular weight is 402 g/mol. The zero-order valence-electron chi connectivity index (χ0n) is 15.0. The number of rotatable bonds is 8. The summed E-state index contributed by atoms with van der Waals surface area (Å²) in [6.07, 6.45) is 0. The van der Waals surface area contributed by atoms with Gasteiger partial charge in [-0.2, -0.15) is 0 Å². The Labute approximate surface area is 186 Å². The molecule has 0 N–H and O–H groups in total. The number of methoxy groups -OCH3 is 2. The molecule has 0 spiro atoms. The minimum absolute atomic E-state index is 0. The van der Waals surface area contributed by atoms with Crippen LogP contribution in [0.25, 0.3) is 0 Å². The molecule has 0 aromatic heterocycles. The summed E-state index contributed by atoms with van der Waals surface area (Å²) in [5.74, 6) is -0.715. The zero-order chi connectivity index (χ0) is 19.4. The fraction of sp³-hybridized carbons (Fsp3) is 0.222. The van der Waals surface area contributed by atoms with Crippen LogP contribution >= 0.6 is 0 Å². The van der Waals surface area contributed by atoms with Gasteiger partial charge in [0, 0.05) is 0 Å². The minimum Gasteiger partial charge on any atom is -0.546 e. The first kappa shape index (κ1) is 24.8. The molecule has 0 radical (unpaired) electrons. The van der Waals surface area contributed by atoms with Gasteiger partial charge in [0.05, 0.1) is 26.2 Å². The Hall–Kier alpha value is -2.16. The molecule has 140 valence electrons. The number of ether oxygens (including phenoxy) is 4. The standard InChI is InChI=1S/2C9H10O4.Ca/c2*1-12-7-4-2-3-5-8(7)13-6-9(10)11;/h2*2-5H,6H2,1H3,(H,10,11);/q;;+2/p-2. The quantitative estimate of drug-likeness (QED) is 0.531. The number of para-hydroxylation sites is 4. The van der Waals surface area contributed by atoms with E-state index in [0.717, 1.165) is 0 Å². The Morgan fingerprint density at radius 3 is 1.26 bits per heavy atom. The fourth-order valence-corrected chi connectivity index (χ4v) is 1.75. The Balaban J connectivity index is 0.000000483. The predicted octanol–water partition coefficient (Wildman–Crippen LogP) is -0.733. The molecule has 0 fully saturated rings. The van der Waals surface area contributed by atoms with Crippen molar-refractivity contribution in [1.29, 1.82) is 0 Å². The number of carbonyl (C=O) groups excluding carboxylic acids is 2. The first-order valence-corrected chi connectivity index (χ1v) is 7.39. The fourth-order valence-electron chi connectivity index (χ4n) is 1.75. The van der Waals surface area contributed by atoms with Gasteiger partial charge in [-0.05, 0) is 24.3 Å². The van der Waals surface area contributed by atoms with Gasteiger partial charge in [-0.25, -0.2) is 0 Å². The second-order valence-corrected chi connectivity index (χ2v) is 4.62. The molecule has 0 heterocycles. The number of aliphatic carboxylic acids is 2. The van der Waals surface area contributed by atoms with Crippen LogP contribution in [0.3, 0.4) is 0 Å². The Morgan fingerprint density at radius 1 is 0.704 bits per heavy atom. The van der Waals surface area contributed by atoms with E-state index in [1.165, 1.54) is 14.2 Å². The van der Waals surface area contributed by atoms with Gasteiger partial charge < -0.3 is 38.7 Å². The number of benzene rings is 2. The van der Waals surface area contributed by atoms with Gasteiger partial charge in [0.15, 0.2) is 23.0 Å². The summed E-state index contributed by atoms with van der Waals surface area (Å²) in [6, 6.07) is 13.6. The van der Waals surface area contributed by atoms with E-state index in [2.05, 4.69) is 0 Å². The first-order chi connectivity index (χ1) is 12.5. The van der Waals surface area contributed by atoms with Crippen LogP contribution in [-0.4, -0.2) is 77.1 Å². The maximum atomic E-state index is 10.1. The van der Waals surface area contributed by atoms with Crippen LogP contribution in [0.2, 0.25) is 0 Å². The minimum atomic E-state index is -1.26. The molecular formula is C18H18CaO8. The van der Waals surface area contributed by atoms with Gasteiger partial charge in [-0.1, -0.05) is 24.3 Å². The van der Waals surface area contributed by atoms with Crippen molar-refractivity contribution in [2.45, 2.75) is 0 Å². The maximum absolute atomic E-state index is 10.1. The number of carboxylic acid groups (broad SMARTS) is 2. The van der Waals surface area contributed by atoms with Crippen molar-refractivity contribution in [1.82, 2.24) is 0 Å². The van der Waals surface area contributed by atoms with Gasteiger partial charge in [0.25, 0.3) is 0 Å². The Kier molecular flexibility index (Phi) is 12.8.